The second-order valence-corrected chi connectivity index (χ2v) is 5.56. The van der Waals surface area contributed by atoms with Crippen molar-refractivity contribution >= 4 is 5.91 Å². The van der Waals surface area contributed by atoms with E-state index in [9.17, 15) is 9.90 Å². The first-order valence-corrected chi connectivity index (χ1v) is 7.43. The van der Waals surface area contributed by atoms with Crippen LogP contribution in [0.25, 0.3) is 0 Å². The highest BCUT2D eigenvalue weighted by atomic mass is 16.5. The SMILES string of the molecule is CCC1CN(C)CCCN1C(=O)c1ccc(OC)c(O)c1. The van der Waals surface area contributed by atoms with Gasteiger partial charge in [-0.15, -0.1) is 0 Å². The molecule has 0 aromatic heterocycles. The molecule has 0 spiro atoms. The minimum Gasteiger partial charge on any atom is -0.504 e. The van der Waals surface area contributed by atoms with Gasteiger partial charge in [-0.3, -0.25) is 4.79 Å². The fourth-order valence-electron chi connectivity index (χ4n) is 2.85. The standard InChI is InChI=1S/C16H24N2O3/c1-4-13-11-17(2)8-5-9-18(13)16(20)12-6-7-15(21-3)14(19)10-12/h6-7,10,13,19H,4-5,8-9,11H2,1-3H3. The Kier molecular flexibility index (Phi) is 5.07. The first-order chi connectivity index (χ1) is 10.1. The zero-order chi connectivity index (χ0) is 15.4. The number of amides is 1. The van der Waals surface area contributed by atoms with Crippen LogP contribution in [0.3, 0.4) is 0 Å². The second kappa shape index (κ2) is 6.80. The van der Waals surface area contributed by atoms with Gasteiger partial charge in [0.25, 0.3) is 5.91 Å². The fraction of sp³-hybridized carbons (Fsp3) is 0.562. The number of phenols is 1. The zero-order valence-corrected chi connectivity index (χ0v) is 13.0. The summed E-state index contributed by atoms with van der Waals surface area (Å²) in [5.41, 5.74) is 0.510. The molecule has 5 nitrogen and oxygen atoms in total. The van der Waals surface area contributed by atoms with Gasteiger partial charge >= 0.3 is 0 Å². The van der Waals surface area contributed by atoms with Crippen molar-refractivity contribution in [1.29, 1.82) is 0 Å². The molecular formula is C16H24N2O3. The smallest absolute Gasteiger partial charge is 0.254 e. The number of ether oxygens (including phenoxy) is 1. The van der Waals surface area contributed by atoms with E-state index in [4.69, 9.17) is 4.74 Å². The summed E-state index contributed by atoms with van der Waals surface area (Å²) in [7, 11) is 3.59. The van der Waals surface area contributed by atoms with E-state index in [-0.39, 0.29) is 17.7 Å². The lowest BCUT2D eigenvalue weighted by Gasteiger charge is -2.30. The van der Waals surface area contributed by atoms with E-state index in [1.54, 1.807) is 12.1 Å². The van der Waals surface area contributed by atoms with Crippen molar-refractivity contribution in [3.63, 3.8) is 0 Å². The Bertz CT molecular complexity index is 504. The summed E-state index contributed by atoms with van der Waals surface area (Å²) in [6, 6.07) is 5.05. The maximum absolute atomic E-state index is 12.7. The van der Waals surface area contributed by atoms with Crippen molar-refractivity contribution in [3.8, 4) is 11.5 Å². The van der Waals surface area contributed by atoms with Gasteiger partial charge in [0.2, 0.25) is 0 Å². The summed E-state index contributed by atoms with van der Waals surface area (Å²) in [6.45, 7) is 4.77. The summed E-state index contributed by atoms with van der Waals surface area (Å²) in [6.07, 6.45) is 1.90. The van der Waals surface area contributed by atoms with Gasteiger partial charge in [0.1, 0.15) is 0 Å². The van der Waals surface area contributed by atoms with Gasteiger partial charge in [-0.2, -0.15) is 0 Å². The van der Waals surface area contributed by atoms with Crippen molar-refractivity contribution < 1.29 is 14.6 Å². The van der Waals surface area contributed by atoms with Crippen LogP contribution in [0.1, 0.15) is 30.1 Å². The fourth-order valence-corrected chi connectivity index (χ4v) is 2.85. The summed E-state index contributed by atoms with van der Waals surface area (Å²) in [4.78, 5) is 16.9. The highest BCUT2D eigenvalue weighted by Gasteiger charge is 2.27. The lowest BCUT2D eigenvalue weighted by Crippen LogP contribution is -2.43. The molecule has 1 saturated heterocycles. The van der Waals surface area contributed by atoms with Gasteiger partial charge in [-0.1, -0.05) is 6.92 Å². The Morgan fingerprint density at radius 2 is 2.19 bits per heavy atom. The number of methoxy groups -OCH3 is 1. The third kappa shape index (κ3) is 3.47. The Morgan fingerprint density at radius 3 is 2.81 bits per heavy atom. The Labute approximate surface area is 126 Å². The molecule has 1 aromatic rings. The molecule has 116 valence electrons. The molecule has 2 rings (SSSR count). The molecule has 21 heavy (non-hydrogen) atoms. The largest absolute Gasteiger partial charge is 0.504 e. The minimum absolute atomic E-state index is 0.00309. The average molecular weight is 292 g/mol. The number of nitrogens with zero attached hydrogens (tertiary/aromatic N) is 2. The highest BCUT2D eigenvalue weighted by Crippen LogP contribution is 2.27. The number of rotatable bonds is 3. The molecule has 1 fully saturated rings. The molecule has 0 saturated carbocycles. The summed E-state index contributed by atoms with van der Waals surface area (Å²) in [5, 5.41) is 9.86. The Balaban J connectivity index is 2.22. The minimum atomic E-state index is -0.0184. The quantitative estimate of drug-likeness (QED) is 0.925. The number of aromatic hydroxyl groups is 1. The normalized spacial score (nSPS) is 20.1. The van der Waals surface area contributed by atoms with E-state index in [0.717, 1.165) is 32.5 Å². The lowest BCUT2D eigenvalue weighted by atomic mass is 10.1. The Morgan fingerprint density at radius 1 is 1.43 bits per heavy atom. The van der Waals surface area contributed by atoms with Gasteiger partial charge in [-0.25, -0.2) is 0 Å². The molecule has 1 N–H and O–H groups in total. The van der Waals surface area contributed by atoms with E-state index >= 15 is 0 Å². The molecule has 1 aromatic carbocycles. The van der Waals surface area contributed by atoms with Crippen LogP contribution in [0.4, 0.5) is 0 Å². The summed E-state index contributed by atoms with van der Waals surface area (Å²) < 4.78 is 5.02. The first kappa shape index (κ1) is 15.6. The molecule has 0 bridgehead atoms. The van der Waals surface area contributed by atoms with Crippen molar-refractivity contribution in [2.75, 3.05) is 33.8 Å². The molecule has 1 aliphatic heterocycles. The van der Waals surface area contributed by atoms with Crippen LogP contribution in [-0.2, 0) is 0 Å². The third-order valence-electron chi connectivity index (χ3n) is 4.06. The van der Waals surface area contributed by atoms with Crippen LogP contribution < -0.4 is 4.74 Å². The molecule has 1 heterocycles. The molecule has 5 heteroatoms. The zero-order valence-electron chi connectivity index (χ0n) is 13.0. The van der Waals surface area contributed by atoms with Gasteiger partial charge in [0.05, 0.1) is 7.11 Å². The number of carbonyl (C=O) groups excluding carboxylic acids is 1. The number of likely N-dealkylation sites (N-methyl/N-ethyl adjacent to an activating group) is 1. The van der Waals surface area contributed by atoms with Crippen LogP contribution in [0, 0.1) is 0 Å². The molecule has 1 aliphatic rings. The van der Waals surface area contributed by atoms with E-state index in [1.807, 2.05) is 4.90 Å². The molecular weight excluding hydrogens is 268 g/mol. The van der Waals surface area contributed by atoms with Crippen molar-refractivity contribution in [2.45, 2.75) is 25.8 Å². The second-order valence-electron chi connectivity index (χ2n) is 5.56. The maximum Gasteiger partial charge on any atom is 0.254 e. The number of carbonyl (C=O) groups is 1. The first-order valence-electron chi connectivity index (χ1n) is 7.43. The van der Waals surface area contributed by atoms with Gasteiger partial charge in [0.15, 0.2) is 11.5 Å². The van der Waals surface area contributed by atoms with Crippen LogP contribution in [0.2, 0.25) is 0 Å². The van der Waals surface area contributed by atoms with Crippen LogP contribution >= 0.6 is 0 Å². The average Bonchev–Trinajstić information content (AvgIpc) is 2.67. The van der Waals surface area contributed by atoms with Crippen LogP contribution in [0.15, 0.2) is 18.2 Å². The Hall–Kier alpha value is -1.75. The van der Waals surface area contributed by atoms with Crippen molar-refractivity contribution in [3.05, 3.63) is 23.8 Å². The van der Waals surface area contributed by atoms with Gasteiger partial charge < -0.3 is 19.6 Å². The predicted molar refractivity (Wildman–Crippen MR) is 81.9 cm³/mol. The van der Waals surface area contributed by atoms with Crippen molar-refractivity contribution in [1.82, 2.24) is 9.80 Å². The summed E-state index contributed by atoms with van der Waals surface area (Å²) >= 11 is 0. The monoisotopic (exact) mass is 292 g/mol. The topological polar surface area (TPSA) is 53.0 Å². The predicted octanol–water partition coefficient (Wildman–Crippen LogP) is 1.96. The molecule has 1 unspecified atom stereocenters. The third-order valence-corrected chi connectivity index (χ3v) is 4.06. The maximum atomic E-state index is 12.7. The van der Waals surface area contributed by atoms with Crippen LogP contribution in [0.5, 0.6) is 11.5 Å². The summed E-state index contributed by atoms with van der Waals surface area (Å²) in [5.74, 6) is 0.368. The van der Waals surface area contributed by atoms with E-state index in [0.29, 0.717) is 11.3 Å². The molecule has 1 atom stereocenters. The van der Waals surface area contributed by atoms with E-state index < -0.39 is 0 Å². The van der Waals surface area contributed by atoms with Gasteiger partial charge in [0, 0.05) is 24.7 Å². The molecule has 0 radical (unpaired) electrons. The number of benzene rings is 1. The van der Waals surface area contributed by atoms with Crippen LogP contribution in [-0.4, -0.2) is 60.6 Å². The molecule has 0 aliphatic carbocycles. The van der Waals surface area contributed by atoms with Crippen molar-refractivity contribution in [2.24, 2.45) is 0 Å². The number of hydrogen-bond acceptors (Lipinski definition) is 4. The lowest BCUT2D eigenvalue weighted by molar-refractivity contribution is 0.0675. The van der Waals surface area contributed by atoms with Gasteiger partial charge in [-0.05, 0) is 44.6 Å². The van der Waals surface area contributed by atoms with E-state index in [2.05, 4.69) is 18.9 Å². The number of hydrogen-bond donors (Lipinski definition) is 1. The highest BCUT2D eigenvalue weighted by molar-refractivity contribution is 5.95. The molecule has 1 amide bonds. The van der Waals surface area contributed by atoms with E-state index in [1.165, 1.54) is 13.2 Å². The number of phenolic OH excluding ortho intramolecular Hbond substituents is 1.